The van der Waals surface area contributed by atoms with Crippen LogP contribution in [0.5, 0.6) is 0 Å². The van der Waals surface area contributed by atoms with Crippen LogP contribution in [0.4, 0.5) is 16.2 Å². The van der Waals surface area contributed by atoms with Crippen molar-refractivity contribution < 1.29 is 14.3 Å². The van der Waals surface area contributed by atoms with Gasteiger partial charge in [-0.2, -0.15) is 0 Å². The highest BCUT2D eigenvalue weighted by Gasteiger charge is 2.12. The molecule has 0 fully saturated rings. The number of hydrogen-bond donors (Lipinski definition) is 2. The maximum absolute atomic E-state index is 12.1. The molecule has 0 atom stereocenters. The Hall–Kier alpha value is -2.05. The standard InChI is InChI=1S/C16H14BrClN2O3/c1-9-7-11(17)4-6-13(9)19-16(22)20-14-8-10(15(21)23-2)3-5-12(14)18/h3-8H,1-2H3,(H2,19,20,22). The summed E-state index contributed by atoms with van der Waals surface area (Å²) in [5, 5.41) is 5.67. The minimum Gasteiger partial charge on any atom is -0.465 e. The summed E-state index contributed by atoms with van der Waals surface area (Å²) in [7, 11) is 1.28. The Kier molecular flexibility index (Phi) is 5.63. The van der Waals surface area contributed by atoms with E-state index in [0.29, 0.717) is 22.0 Å². The first-order valence-electron chi connectivity index (χ1n) is 6.62. The van der Waals surface area contributed by atoms with Gasteiger partial charge >= 0.3 is 12.0 Å². The van der Waals surface area contributed by atoms with E-state index < -0.39 is 12.0 Å². The highest BCUT2D eigenvalue weighted by atomic mass is 79.9. The van der Waals surface area contributed by atoms with Crippen molar-refractivity contribution in [2.75, 3.05) is 17.7 Å². The van der Waals surface area contributed by atoms with Crippen molar-refractivity contribution in [1.29, 1.82) is 0 Å². The Balaban J connectivity index is 2.15. The molecule has 2 amide bonds. The van der Waals surface area contributed by atoms with E-state index in [1.54, 1.807) is 6.07 Å². The van der Waals surface area contributed by atoms with Crippen LogP contribution in [0.25, 0.3) is 0 Å². The van der Waals surface area contributed by atoms with Crippen LogP contribution in [0.1, 0.15) is 15.9 Å². The Bertz CT molecular complexity index is 765. The maximum Gasteiger partial charge on any atom is 0.337 e. The van der Waals surface area contributed by atoms with Crippen LogP contribution in [-0.2, 0) is 4.74 Å². The molecule has 0 heterocycles. The Morgan fingerprint density at radius 3 is 2.43 bits per heavy atom. The smallest absolute Gasteiger partial charge is 0.337 e. The number of urea groups is 1. The first-order valence-corrected chi connectivity index (χ1v) is 7.80. The summed E-state index contributed by atoms with van der Waals surface area (Å²) in [5.74, 6) is -0.506. The average Bonchev–Trinajstić information content (AvgIpc) is 2.51. The summed E-state index contributed by atoms with van der Waals surface area (Å²) < 4.78 is 5.57. The van der Waals surface area contributed by atoms with Crippen molar-refractivity contribution in [3.05, 3.63) is 57.0 Å². The lowest BCUT2D eigenvalue weighted by atomic mass is 10.2. The van der Waals surface area contributed by atoms with Crippen molar-refractivity contribution in [3.8, 4) is 0 Å². The summed E-state index contributed by atoms with van der Waals surface area (Å²) in [5.41, 5.74) is 2.20. The molecule has 7 heteroatoms. The fourth-order valence-corrected chi connectivity index (χ4v) is 2.55. The summed E-state index contributed by atoms with van der Waals surface area (Å²) in [6.45, 7) is 1.88. The SMILES string of the molecule is COC(=O)c1ccc(Cl)c(NC(=O)Nc2ccc(Br)cc2C)c1. The van der Waals surface area contributed by atoms with E-state index in [1.165, 1.54) is 25.3 Å². The monoisotopic (exact) mass is 396 g/mol. The molecule has 5 nitrogen and oxygen atoms in total. The first-order chi connectivity index (χ1) is 10.9. The molecule has 120 valence electrons. The van der Waals surface area contributed by atoms with Crippen molar-refractivity contribution >= 4 is 50.9 Å². The average molecular weight is 398 g/mol. The molecule has 0 aliphatic rings. The van der Waals surface area contributed by atoms with Gasteiger partial charge in [0.1, 0.15) is 0 Å². The number of methoxy groups -OCH3 is 1. The van der Waals surface area contributed by atoms with Crippen molar-refractivity contribution in [3.63, 3.8) is 0 Å². The number of amides is 2. The molecule has 0 spiro atoms. The maximum atomic E-state index is 12.1. The fraction of sp³-hybridized carbons (Fsp3) is 0.125. The largest absolute Gasteiger partial charge is 0.465 e. The quantitative estimate of drug-likeness (QED) is 0.728. The minimum absolute atomic E-state index is 0.298. The highest BCUT2D eigenvalue weighted by Crippen LogP contribution is 2.24. The fourth-order valence-electron chi connectivity index (χ4n) is 1.91. The van der Waals surface area contributed by atoms with Crippen LogP contribution in [0, 0.1) is 6.92 Å². The van der Waals surface area contributed by atoms with Crippen molar-refractivity contribution in [1.82, 2.24) is 0 Å². The molecule has 0 saturated heterocycles. The van der Waals surface area contributed by atoms with E-state index in [-0.39, 0.29) is 0 Å². The van der Waals surface area contributed by atoms with Crippen LogP contribution in [0.3, 0.4) is 0 Å². The van der Waals surface area contributed by atoms with Gasteiger partial charge in [-0.15, -0.1) is 0 Å². The second kappa shape index (κ2) is 7.48. The van der Waals surface area contributed by atoms with E-state index in [0.717, 1.165) is 10.0 Å². The predicted molar refractivity (Wildman–Crippen MR) is 94.3 cm³/mol. The van der Waals surface area contributed by atoms with Gasteiger partial charge in [0.05, 0.1) is 23.4 Å². The molecule has 0 bridgehead atoms. The molecular formula is C16H14BrClN2O3. The second-order valence-corrected chi connectivity index (χ2v) is 6.05. The summed E-state index contributed by atoms with van der Waals surface area (Å²) in [6.07, 6.45) is 0. The topological polar surface area (TPSA) is 67.4 Å². The number of esters is 1. The number of hydrogen-bond acceptors (Lipinski definition) is 3. The number of aryl methyl sites for hydroxylation is 1. The molecule has 0 aromatic heterocycles. The Morgan fingerprint density at radius 1 is 1.09 bits per heavy atom. The zero-order chi connectivity index (χ0) is 17.0. The third-order valence-corrected chi connectivity index (χ3v) is 3.90. The van der Waals surface area contributed by atoms with Crippen LogP contribution in [-0.4, -0.2) is 19.1 Å². The Labute approximate surface area is 147 Å². The van der Waals surface area contributed by atoms with Crippen LogP contribution < -0.4 is 10.6 Å². The minimum atomic E-state index is -0.506. The van der Waals surface area contributed by atoms with Gasteiger partial charge in [-0.25, -0.2) is 9.59 Å². The van der Waals surface area contributed by atoms with Gasteiger partial charge < -0.3 is 15.4 Å². The summed E-state index contributed by atoms with van der Waals surface area (Å²) >= 11 is 9.41. The van der Waals surface area contributed by atoms with Gasteiger partial charge in [0.25, 0.3) is 0 Å². The number of nitrogens with one attached hydrogen (secondary N) is 2. The lowest BCUT2D eigenvalue weighted by Crippen LogP contribution is -2.20. The van der Waals surface area contributed by atoms with Crippen LogP contribution in [0.2, 0.25) is 5.02 Å². The number of benzene rings is 2. The first kappa shape index (κ1) is 17.3. The van der Waals surface area contributed by atoms with E-state index in [1.807, 2.05) is 19.1 Å². The van der Waals surface area contributed by atoms with E-state index in [9.17, 15) is 9.59 Å². The van der Waals surface area contributed by atoms with Gasteiger partial charge in [0.2, 0.25) is 0 Å². The third kappa shape index (κ3) is 4.46. The molecular weight excluding hydrogens is 384 g/mol. The molecule has 23 heavy (non-hydrogen) atoms. The molecule has 2 aromatic carbocycles. The van der Waals surface area contributed by atoms with Crippen LogP contribution >= 0.6 is 27.5 Å². The molecule has 0 aliphatic carbocycles. The number of anilines is 2. The van der Waals surface area contributed by atoms with Gasteiger partial charge in [0, 0.05) is 10.2 Å². The van der Waals surface area contributed by atoms with Crippen molar-refractivity contribution in [2.24, 2.45) is 0 Å². The number of rotatable bonds is 3. The molecule has 2 rings (SSSR count). The number of carbonyl (C=O) groups excluding carboxylic acids is 2. The van der Waals surface area contributed by atoms with Gasteiger partial charge in [0.15, 0.2) is 0 Å². The molecule has 0 unspecified atom stereocenters. The third-order valence-electron chi connectivity index (χ3n) is 3.07. The molecule has 0 radical (unpaired) electrons. The molecule has 0 aliphatic heterocycles. The van der Waals surface area contributed by atoms with Gasteiger partial charge in [-0.1, -0.05) is 27.5 Å². The lowest BCUT2D eigenvalue weighted by Gasteiger charge is -2.12. The predicted octanol–water partition coefficient (Wildman–Crippen LogP) is 4.84. The number of halogens is 2. The molecule has 2 aromatic rings. The summed E-state index contributed by atoms with van der Waals surface area (Å²) in [6, 6.07) is 9.55. The highest BCUT2D eigenvalue weighted by molar-refractivity contribution is 9.10. The second-order valence-electron chi connectivity index (χ2n) is 4.72. The molecule has 2 N–H and O–H groups in total. The normalized spacial score (nSPS) is 10.1. The van der Waals surface area contributed by atoms with Gasteiger partial charge in [-0.3, -0.25) is 0 Å². The van der Waals surface area contributed by atoms with E-state index >= 15 is 0 Å². The van der Waals surface area contributed by atoms with E-state index in [2.05, 4.69) is 31.3 Å². The number of ether oxygens (including phenoxy) is 1. The zero-order valence-electron chi connectivity index (χ0n) is 12.4. The molecule has 0 saturated carbocycles. The Morgan fingerprint density at radius 2 is 1.78 bits per heavy atom. The van der Waals surface area contributed by atoms with E-state index in [4.69, 9.17) is 11.6 Å². The zero-order valence-corrected chi connectivity index (χ0v) is 14.8. The lowest BCUT2D eigenvalue weighted by molar-refractivity contribution is 0.0600. The van der Waals surface area contributed by atoms with Crippen molar-refractivity contribution in [2.45, 2.75) is 6.92 Å². The summed E-state index contributed by atoms with van der Waals surface area (Å²) in [4.78, 5) is 23.6. The van der Waals surface area contributed by atoms with Crippen LogP contribution in [0.15, 0.2) is 40.9 Å². The number of carbonyl (C=O) groups is 2. The van der Waals surface area contributed by atoms with Gasteiger partial charge in [-0.05, 0) is 48.9 Å².